The molecule has 0 radical (unpaired) electrons. The topological polar surface area (TPSA) is 20.2 Å². The fraction of sp³-hybridized carbons (Fsp3) is 0.556. The Bertz CT molecular complexity index is 205. The van der Waals surface area contributed by atoms with E-state index in [9.17, 15) is 5.11 Å². The lowest BCUT2D eigenvalue weighted by Crippen LogP contribution is -2.27. The van der Waals surface area contributed by atoms with Crippen molar-refractivity contribution in [3.8, 4) is 0 Å². The molecule has 0 saturated heterocycles. The van der Waals surface area contributed by atoms with Gasteiger partial charge in [0.1, 0.15) is 0 Å². The fourth-order valence-corrected chi connectivity index (χ4v) is 1.87. The highest BCUT2D eigenvalue weighted by Gasteiger charge is 2.27. The molecule has 0 bridgehead atoms. The lowest BCUT2D eigenvalue weighted by atomic mass is 9.81. The summed E-state index contributed by atoms with van der Waals surface area (Å²) in [6.07, 6.45) is 6.96. The predicted molar refractivity (Wildman–Crippen MR) is 59.1 cm³/mol. The van der Waals surface area contributed by atoms with Gasteiger partial charge < -0.3 is 5.11 Å². The van der Waals surface area contributed by atoms with Gasteiger partial charge in [0.15, 0.2) is 0 Å². The first kappa shape index (κ1) is 10.2. The molecular formula is C9H14OS2. The highest BCUT2D eigenvalue weighted by atomic mass is 32.1. The zero-order valence-electron chi connectivity index (χ0n) is 6.90. The van der Waals surface area contributed by atoms with Gasteiger partial charge in [0.2, 0.25) is 0 Å². The summed E-state index contributed by atoms with van der Waals surface area (Å²) in [7, 11) is 0. The largest absolute Gasteiger partial charge is 0.395 e. The maximum absolute atomic E-state index is 9.20. The van der Waals surface area contributed by atoms with Gasteiger partial charge in [-0.05, 0) is 6.42 Å². The Morgan fingerprint density at radius 3 is 2.75 bits per heavy atom. The van der Waals surface area contributed by atoms with Gasteiger partial charge in [-0.1, -0.05) is 23.8 Å². The van der Waals surface area contributed by atoms with Crippen LogP contribution in [0.15, 0.2) is 23.8 Å². The van der Waals surface area contributed by atoms with Crippen LogP contribution in [0, 0.1) is 5.41 Å². The summed E-state index contributed by atoms with van der Waals surface area (Å²) in [6.45, 7) is 0.165. The summed E-state index contributed by atoms with van der Waals surface area (Å²) < 4.78 is 0. The molecule has 0 aromatic carbocycles. The van der Waals surface area contributed by atoms with Crippen LogP contribution in [0.25, 0.3) is 0 Å². The molecule has 0 saturated carbocycles. The van der Waals surface area contributed by atoms with Crippen LogP contribution in [-0.2, 0) is 0 Å². The fourth-order valence-electron chi connectivity index (χ4n) is 1.33. The number of aliphatic hydroxyl groups is 1. The van der Waals surface area contributed by atoms with Crippen molar-refractivity contribution in [2.24, 2.45) is 5.41 Å². The maximum Gasteiger partial charge on any atom is 0.0533 e. The first-order valence-corrected chi connectivity index (χ1v) is 5.23. The number of hydrogen-bond donors (Lipinski definition) is 3. The standard InChI is InChI=1S/C9H14OS2/c10-6-9(7-12)3-1-2-8(4-9)5-11/h1-3,10-12H,4-7H2. The van der Waals surface area contributed by atoms with E-state index in [-0.39, 0.29) is 12.0 Å². The highest BCUT2D eigenvalue weighted by molar-refractivity contribution is 7.80. The van der Waals surface area contributed by atoms with E-state index in [1.54, 1.807) is 0 Å². The number of thiol groups is 2. The van der Waals surface area contributed by atoms with Gasteiger partial charge >= 0.3 is 0 Å². The summed E-state index contributed by atoms with van der Waals surface area (Å²) in [5, 5.41) is 9.20. The van der Waals surface area contributed by atoms with E-state index in [1.165, 1.54) is 5.57 Å². The molecule has 1 N–H and O–H groups in total. The lowest BCUT2D eigenvalue weighted by Gasteiger charge is -2.29. The third-order valence-electron chi connectivity index (χ3n) is 2.19. The van der Waals surface area contributed by atoms with Gasteiger partial charge in [0.25, 0.3) is 0 Å². The second-order valence-electron chi connectivity index (χ2n) is 3.20. The molecule has 1 atom stereocenters. The zero-order chi connectivity index (χ0) is 9.03. The van der Waals surface area contributed by atoms with Gasteiger partial charge in [0.05, 0.1) is 6.61 Å². The van der Waals surface area contributed by atoms with Crippen LogP contribution in [0.5, 0.6) is 0 Å². The molecule has 1 aliphatic carbocycles. The summed E-state index contributed by atoms with van der Waals surface area (Å²) in [6, 6.07) is 0. The van der Waals surface area contributed by atoms with Crippen molar-refractivity contribution in [2.45, 2.75) is 6.42 Å². The van der Waals surface area contributed by atoms with Crippen molar-refractivity contribution in [1.82, 2.24) is 0 Å². The molecule has 0 aliphatic heterocycles. The van der Waals surface area contributed by atoms with Gasteiger partial charge in [-0.3, -0.25) is 0 Å². The normalized spacial score (nSPS) is 28.8. The molecule has 12 heavy (non-hydrogen) atoms. The summed E-state index contributed by atoms with van der Waals surface area (Å²) in [5.74, 6) is 1.45. The average molecular weight is 202 g/mol. The molecule has 0 amide bonds. The van der Waals surface area contributed by atoms with E-state index in [1.807, 2.05) is 12.2 Å². The van der Waals surface area contributed by atoms with E-state index in [0.29, 0.717) is 5.75 Å². The minimum Gasteiger partial charge on any atom is -0.395 e. The summed E-state index contributed by atoms with van der Waals surface area (Å²) >= 11 is 8.46. The van der Waals surface area contributed by atoms with E-state index in [0.717, 1.165) is 12.2 Å². The minimum atomic E-state index is -0.143. The molecule has 0 aromatic heterocycles. The van der Waals surface area contributed by atoms with E-state index in [4.69, 9.17) is 0 Å². The number of allylic oxidation sites excluding steroid dienone is 2. The minimum absolute atomic E-state index is 0.143. The second-order valence-corrected chi connectivity index (χ2v) is 3.83. The molecule has 0 heterocycles. The Labute approximate surface area is 84.4 Å². The lowest BCUT2D eigenvalue weighted by molar-refractivity contribution is 0.187. The Kier molecular flexibility index (Phi) is 3.75. The quantitative estimate of drug-likeness (QED) is 0.595. The van der Waals surface area contributed by atoms with E-state index >= 15 is 0 Å². The van der Waals surface area contributed by atoms with Gasteiger partial charge in [-0.2, -0.15) is 25.3 Å². The maximum atomic E-state index is 9.20. The first-order chi connectivity index (χ1) is 5.76. The molecule has 1 aliphatic rings. The Morgan fingerprint density at radius 1 is 1.50 bits per heavy atom. The molecule has 1 nitrogen and oxygen atoms in total. The molecule has 1 rings (SSSR count). The van der Waals surface area contributed by atoms with Gasteiger partial charge in [0, 0.05) is 16.9 Å². The monoisotopic (exact) mass is 202 g/mol. The number of aliphatic hydroxyl groups excluding tert-OH is 1. The molecular weight excluding hydrogens is 188 g/mol. The summed E-state index contributed by atoms with van der Waals surface area (Å²) in [5.41, 5.74) is 1.12. The first-order valence-electron chi connectivity index (χ1n) is 3.96. The number of rotatable bonds is 3. The Balaban J connectivity index is 2.73. The van der Waals surface area contributed by atoms with Crippen LogP contribution in [0.3, 0.4) is 0 Å². The highest BCUT2D eigenvalue weighted by Crippen LogP contribution is 2.32. The molecule has 1 unspecified atom stereocenters. The second kappa shape index (κ2) is 4.40. The van der Waals surface area contributed by atoms with Gasteiger partial charge in [-0.15, -0.1) is 0 Å². The zero-order valence-corrected chi connectivity index (χ0v) is 8.69. The smallest absolute Gasteiger partial charge is 0.0533 e. The van der Waals surface area contributed by atoms with Crippen molar-refractivity contribution in [3.63, 3.8) is 0 Å². The third-order valence-corrected chi connectivity index (χ3v) is 3.23. The average Bonchev–Trinajstić information content (AvgIpc) is 2.18. The van der Waals surface area contributed by atoms with Crippen molar-refractivity contribution < 1.29 is 5.11 Å². The van der Waals surface area contributed by atoms with Crippen LogP contribution < -0.4 is 0 Å². The molecule has 3 heteroatoms. The van der Waals surface area contributed by atoms with Crippen LogP contribution in [0.4, 0.5) is 0 Å². The Morgan fingerprint density at radius 2 is 2.25 bits per heavy atom. The number of hydrogen-bond acceptors (Lipinski definition) is 3. The molecule has 68 valence electrons. The van der Waals surface area contributed by atoms with Crippen molar-refractivity contribution in [1.29, 1.82) is 0 Å². The van der Waals surface area contributed by atoms with Crippen LogP contribution in [0.2, 0.25) is 0 Å². The van der Waals surface area contributed by atoms with Crippen LogP contribution in [0.1, 0.15) is 6.42 Å². The summed E-state index contributed by atoms with van der Waals surface area (Å²) in [4.78, 5) is 0. The predicted octanol–water partition coefficient (Wildman–Crippen LogP) is 1.71. The molecule has 0 fully saturated rings. The van der Waals surface area contributed by atoms with Crippen LogP contribution >= 0.6 is 25.3 Å². The Hall–Kier alpha value is 0.140. The molecule has 0 aromatic rings. The van der Waals surface area contributed by atoms with Crippen LogP contribution in [-0.4, -0.2) is 23.2 Å². The SMILES string of the molecule is OCC1(CS)C=CC=C(CS)C1. The third kappa shape index (κ3) is 2.09. The molecule has 0 spiro atoms. The van der Waals surface area contributed by atoms with Crippen molar-refractivity contribution >= 4 is 25.3 Å². The van der Waals surface area contributed by atoms with Crippen molar-refractivity contribution in [2.75, 3.05) is 18.1 Å². The van der Waals surface area contributed by atoms with Gasteiger partial charge in [-0.25, -0.2) is 0 Å². The van der Waals surface area contributed by atoms with E-state index < -0.39 is 0 Å². The van der Waals surface area contributed by atoms with E-state index in [2.05, 4.69) is 31.3 Å². The van der Waals surface area contributed by atoms with Crippen molar-refractivity contribution in [3.05, 3.63) is 23.8 Å².